The normalized spacial score (nSPS) is 10.9. The van der Waals surface area contributed by atoms with Gasteiger partial charge in [0.15, 0.2) is 0 Å². The van der Waals surface area contributed by atoms with E-state index in [4.69, 9.17) is 0 Å². The van der Waals surface area contributed by atoms with Gasteiger partial charge in [-0.05, 0) is 18.6 Å². The zero-order valence-corrected chi connectivity index (χ0v) is 10.4. The Kier molecular flexibility index (Phi) is 5.47. The molecule has 19 heavy (non-hydrogen) atoms. The lowest BCUT2D eigenvalue weighted by molar-refractivity contribution is -0.274. The van der Waals surface area contributed by atoms with Crippen LogP contribution in [0.1, 0.15) is 13.3 Å². The van der Waals surface area contributed by atoms with Gasteiger partial charge in [-0.25, -0.2) is 0 Å². The van der Waals surface area contributed by atoms with Gasteiger partial charge in [0.05, 0.1) is 6.54 Å². The van der Waals surface area contributed by atoms with Crippen LogP contribution in [0.3, 0.4) is 0 Å². The predicted molar refractivity (Wildman–Crippen MR) is 64.9 cm³/mol. The largest absolute Gasteiger partial charge is 0.573 e. The van der Waals surface area contributed by atoms with Gasteiger partial charge in [0.25, 0.3) is 0 Å². The highest BCUT2D eigenvalue weighted by atomic mass is 19.4. The van der Waals surface area contributed by atoms with Gasteiger partial charge in [-0.15, -0.1) is 13.2 Å². The van der Waals surface area contributed by atoms with Crippen molar-refractivity contribution < 1.29 is 22.7 Å². The summed E-state index contributed by atoms with van der Waals surface area (Å²) in [5.41, 5.74) is 0.383. The molecular formula is C12H15F3N2O2. The molecule has 0 fully saturated rings. The van der Waals surface area contributed by atoms with E-state index in [1.165, 1.54) is 18.2 Å². The minimum absolute atomic E-state index is 0.00449. The molecule has 1 aromatic carbocycles. The number of hydrogen-bond acceptors (Lipinski definition) is 3. The number of nitrogens with one attached hydrogen (secondary N) is 2. The number of carbonyl (C=O) groups excluding carboxylic acids is 1. The second-order valence-corrected chi connectivity index (χ2v) is 3.78. The van der Waals surface area contributed by atoms with Crippen molar-refractivity contribution >= 4 is 11.6 Å². The Morgan fingerprint density at radius 3 is 2.74 bits per heavy atom. The summed E-state index contributed by atoms with van der Waals surface area (Å²) in [5.74, 6) is -0.546. The molecule has 0 saturated carbocycles. The van der Waals surface area contributed by atoms with Gasteiger partial charge in [-0.1, -0.05) is 13.0 Å². The fourth-order valence-electron chi connectivity index (χ4n) is 1.31. The number of alkyl halides is 3. The van der Waals surface area contributed by atoms with Crippen LogP contribution in [-0.4, -0.2) is 25.4 Å². The van der Waals surface area contributed by atoms with E-state index in [0.717, 1.165) is 6.42 Å². The Hall–Kier alpha value is -1.92. The number of hydrogen-bond donors (Lipinski definition) is 2. The number of anilines is 1. The van der Waals surface area contributed by atoms with E-state index in [0.29, 0.717) is 12.2 Å². The SMILES string of the molecule is CCCNC(=O)CNc1cccc(OC(F)(F)F)c1. The molecule has 2 N–H and O–H groups in total. The van der Waals surface area contributed by atoms with Crippen LogP contribution >= 0.6 is 0 Å². The third-order valence-corrected chi connectivity index (χ3v) is 2.09. The van der Waals surface area contributed by atoms with Crippen LogP contribution in [0.4, 0.5) is 18.9 Å². The lowest BCUT2D eigenvalue weighted by atomic mass is 10.3. The standard InChI is InChI=1S/C12H15F3N2O2/c1-2-6-16-11(18)8-17-9-4-3-5-10(7-9)19-12(13,14)15/h3-5,7,17H,2,6,8H2,1H3,(H,16,18). The Morgan fingerprint density at radius 1 is 1.37 bits per heavy atom. The summed E-state index contributed by atoms with van der Waals surface area (Å²) >= 11 is 0. The van der Waals surface area contributed by atoms with Gasteiger partial charge < -0.3 is 15.4 Å². The first-order chi connectivity index (χ1) is 8.90. The average molecular weight is 276 g/mol. The molecule has 0 heterocycles. The van der Waals surface area contributed by atoms with Gasteiger partial charge in [-0.3, -0.25) is 4.79 Å². The van der Waals surface area contributed by atoms with E-state index in [-0.39, 0.29) is 18.2 Å². The molecule has 1 amide bonds. The van der Waals surface area contributed by atoms with Crippen molar-refractivity contribution in [3.63, 3.8) is 0 Å². The Labute approximate surface area is 108 Å². The number of ether oxygens (including phenoxy) is 1. The maximum absolute atomic E-state index is 12.0. The van der Waals surface area contributed by atoms with Crippen LogP contribution in [0, 0.1) is 0 Å². The highest BCUT2D eigenvalue weighted by molar-refractivity contribution is 5.80. The van der Waals surface area contributed by atoms with Crippen LogP contribution in [0.15, 0.2) is 24.3 Å². The molecule has 0 aliphatic rings. The molecule has 1 aromatic rings. The number of carbonyl (C=O) groups is 1. The molecule has 1 rings (SSSR count). The summed E-state index contributed by atoms with van der Waals surface area (Å²) in [6, 6.07) is 5.33. The maximum atomic E-state index is 12.0. The summed E-state index contributed by atoms with van der Waals surface area (Å²) in [7, 11) is 0. The van der Waals surface area contributed by atoms with E-state index in [1.807, 2.05) is 6.92 Å². The molecule has 0 atom stereocenters. The summed E-state index contributed by atoms with van der Waals surface area (Å²) in [4.78, 5) is 11.3. The van der Waals surface area contributed by atoms with Crippen molar-refractivity contribution in [1.82, 2.24) is 5.32 Å². The van der Waals surface area contributed by atoms with E-state index in [1.54, 1.807) is 6.07 Å². The highest BCUT2D eigenvalue weighted by Crippen LogP contribution is 2.24. The lowest BCUT2D eigenvalue weighted by Gasteiger charge is -2.11. The molecule has 0 unspecified atom stereocenters. The number of benzene rings is 1. The molecule has 0 aromatic heterocycles. The van der Waals surface area contributed by atoms with Gasteiger partial charge >= 0.3 is 6.36 Å². The number of rotatable bonds is 6. The van der Waals surface area contributed by atoms with Gasteiger partial charge in [-0.2, -0.15) is 0 Å². The first kappa shape index (κ1) is 15.1. The first-order valence-electron chi connectivity index (χ1n) is 5.77. The second kappa shape index (κ2) is 6.86. The molecule has 7 heteroatoms. The molecule has 106 valence electrons. The Morgan fingerprint density at radius 2 is 2.11 bits per heavy atom. The molecule has 4 nitrogen and oxygen atoms in total. The number of amides is 1. The van der Waals surface area contributed by atoms with E-state index in [2.05, 4.69) is 15.4 Å². The van der Waals surface area contributed by atoms with Gasteiger partial charge in [0.1, 0.15) is 5.75 Å². The molecule has 0 aliphatic heterocycles. The molecular weight excluding hydrogens is 261 g/mol. The third kappa shape index (κ3) is 6.54. The predicted octanol–water partition coefficient (Wildman–Crippen LogP) is 2.52. The molecule has 0 radical (unpaired) electrons. The minimum Gasteiger partial charge on any atom is -0.406 e. The van der Waals surface area contributed by atoms with Crippen LogP contribution in [0.2, 0.25) is 0 Å². The Balaban J connectivity index is 2.50. The van der Waals surface area contributed by atoms with E-state index < -0.39 is 6.36 Å². The van der Waals surface area contributed by atoms with Crippen LogP contribution in [-0.2, 0) is 4.79 Å². The first-order valence-corrected chi connectivity index (χ1v) is 5.77. The fraction of sp³-hybridized carbons (Fsp3) is 0.417. The minimum atomic E-state index is -4.73. The second-order valence-electron chi connectivity index (χ2n) is 3.78. The molecule has 0 saturated heterocycles. The monoisotopic (exact) mass is 276 g/mol. The van der Waals surface area contributed by atoms with Crippen molar-refractivity contribution in [3.8, 4) is 5.75 Å². The summed E-state index contributed by atoms with van der Waals surface area (Å²) in [5, 5.41) is 5.36. The van der Waals surface area contributed by atoms with Crippen molar-refractivity contribution in [2.45, 2.75) is 19.7 Å². The van der Waals surface area contributed by atoms with Crippen molar-refractivity contribution in [1.29, 1.82) is 0 Å². The van der Waals surface area contributed by atoms with Crippen LogP contribution < -0.4 is 15.4 Å². The van der Waals surface area contributed by atoms with E-state index >= 15 is 0 Å². The zero-order chi connectivity index (χ0) is 14.3. The maximum Gasteiger partial charge on any atom is 0.573 e. The topological polar surface area (TPSA) is 50.4 Å². The molecule has 0 spiro atoms. The Bertz CT molecular complexity index is 422. The average Bonchev–Trinajstić information content (AvgIpc) is 2.32. The smallest absolute Gasteiger partial charge is 0.406 e. The third-order valence-electron chi connectivity index (χ3n) is 2.09. The van der Waals surface area contributed by atoms with Crippen molar-refractivity contribution in [2.75, 3.05) is 18.4 Å². The summed E-state index contributed by atoms with van der Waals surface area (Å²) in [6.07, 6.45) is -3.90. The lowest BCUT2D eigenvalue weighted by Crippen LogP contribution is -2.30. The van der Waals surface area contributed by atoms with Crippen molar-refractivity contribution in [3.05, 3.63) is 24.3 Å². The van der Waals surface area contributed by atoms with Gasteiger partial charge in [0, 0.05) is 18.3 Å². The summed E-state index contributed by atoms with van der Waals surface area (Å²) < 4.78 is 39.8. The quantitative estimate of drug-likeness (QED) is 0.839. The zero-order valence-electron chi connectivity index (χ0n) is 10.4. The van der Waals surface area contributed by atoms with E-state index in [9.17, 15) is 18.0 Å². The molecule has 0 bridgehead atoms. The van der Waals surface area contributed by atoms with Crippen LogP contribution in [0.5, 0.6) is 5.75 Å². The highest BCUT2D eigenvalue weighted by Gasteiger charge is 2.31. The fourth-order valence-corrected chi connectivity index (χ4v) is 1.31. The van der Waals surface area contributed by atoms with Gasteiger partial charge in [0.2, 0.25) is 5.91 Å². The van der Waals surface area contributed by atoms with Crippen molar-refractivity contribution in [2.24, 2.45) is 0 Å². The summed E-state index contributed by atoms with van der Waals surface area (Å²) in [6.45, 7) is 2.48. The molecule has 0 aliphatic carbocycles. The van der Waals surface area contributed by atoms with Crippen LogP contribution in [0.25, 0.3) is 0 Å². The number of halogens is 3.